The highest BCUT2D eigenvalue weighted by Crippen LogP contribution is 2.31. The first kappa shape index (κ1) is 14.9. The van der Waals surface area contributed by atoms with Crippen LogP contribution in [0.5, 0.6) is 5.75 Å². The first-order chi connectivity index (χ1) is 11.1. The van der Waals surface area contributed by atoms with Gasteiger partial charge in [0.1, 0.15) is 17.1 Å². The average molecular weight is 307 g/mol. The molecule has 1 aromatic heterocycles. The predicted molar refractivity (Wildman–Crippen MR) is 90.5 cm³/mol. The molecule has 0 radical (unpaired) electrons. The standard InChI is InChI=1S/C19H17NO3/c1-20(2)11-10-17-18(19(22)13-6-4-3-5-7-13)15-12-14(21)8-9-16(15)23-17/h3-12,21H,1-2H3/b11-10+. The van der Waals surface area contributed by atoms with Crippen LogP contribution in [0.3, 0.4) is 0 Å². The van der Waals surface area contributed by atoms with Gasteiger partial charge in [-0.15, -0.1) is 0 Å². The number of hydrogen-bond acceptors (Lipinski definition) is 4. The number of fused-ring (bicyclic) bond motifs is 1. The summed E-state index contributed by atoms with van der Waals surface area (Å²) >= 11 is 0. The number of nitrogens with zero attached hydrogens (tertiary/aromatic N) is 1. The molecule has 0 saturated carbocycles. The van der Waals surface area contributed by atoms with Crippen molar-refractivity contribution >= 4 is 22.8 Å². The van der Waals surface area contributed by atoms with Crippen molar-refractivity contribution in [1.29, 1.82) is 0 Å². The number of hydrogen-bond donors (Lipinski definition) is 1. The number of aromatic hydroxyl groups is 1. The SMILES string of the molecule is CN(C)/C=C/c1oc2ccc(O)cc2c1C(=O)c1ccccc1. The van der Waals surface area contributed by atoms with Gasteiger partial charge in [-0.3, -0.25) is 4.79 Å². The second kappa shape index (κ2) is 6.01. The maximum absolute atomic E-state index is 12.9. The Morgan fingerprint density at radius 2 is 1.87 bits per heavy atom. The fraction of sp³-hybridized carbons (Fsp3) is 0.105. The van der Waals surface area contributed by atoms with E-state index >= 15 is 0 Å². The van der Waals surface area contributed by atoms with E-state index in [0.29, 0.717) is 27.9 Å². The van der Waals surface area contributed by atoms with Crippen LogP contribution in [0.2, 0.25) is 0 Å². The van der Waals surface area contributed by atoms with Crippen LogP contribution in [0.4, 0.5) is 0 Å². The quantitative estimate of drug-likeness (QED) is 0.743. The molecule has 0 atom stereocenters. The molecular formula is C19H17NO3. The Morgan fingerprint density at radius 1 is 1.13 bits per heavy atom. The summed E-state index contributed by atoms with van der Waals surface area (Å²) in [5.41, 5.74) is 1.61. The molecule has 2 aromatic carbocycles. The number of phenolic OH excluding ortho intramolecular Hbond substituents is 1. The molecule has 0 amide bonds. The van der Waals surface area contributed by atoms with Gasteiger partial charge in [0.05, 0.1) is 5.56 Å². The van der Waals surface area contributed by atoms with E-state index in [4.69, 9.17) is 4.42 Å². The third-order valence-electron chi connectivity index (χ3n) is 3.49. The lowest BCUT2D eigenvalue weighted by molar-refractivity contribution is 0.103. The highest BCUT2D eigenvalue weighted by molar-refractivity contribution is 6.18. The van der Waals surface area contributed by atoms with Crippen molar-refractivity contribution in [2.45, 2.75) is 0 Å². The van der Waals surface area contributed by atoms with Crippen molar-refractivity contribution < 1.29 is 14.3 Å². The molecule has 1 heterocycles. The molecule has 0 aliphatic carbocycles. The summed E-state index contributed by atoms with van der Waals surface area (Å²) in [5.74, 6) is 0.449. The Labute approximate surface area is 134 Å². The minimum Gasteiger partial charge on any atom is -0.508 e. The van der Waals surface area contributed by atoms with E-state index in [1.165, 1.54) is 0 Å². The van der Waals surface area contributed by atoms with Crippen molar-refractivity contribution in [2.75, 3.05) is 14.1 Å². The molecule has 4 heteroatoms. The van der Waals surface area contributed by atoms with E-state index in [1.807, 2.05) is 43.4 Å². The average Bonchev–Trinajstić information content (AvgIpc) is 2.90. The summed E-state index contributed by atoms with van der Waals surface area (Å²) in [6.45, 7) is 0. The summed E-state index contributed by atoms with van der Waals surface area (Å²) in [7, 11) is 3.79. The second-order valence-electron chi connectivity index (χ2n) is 5.50. The number of carbonyl (C=O) groups excluding carboxylic acids is 1. The summed E-state index contributed by atoms with van der Waals surface area (Å²) in [5, 5.41) is 10.4. The number of phenols is 1. The topological polar surface area (TPSA) is 53.7 Å². The minimum absolute atomic E-state index is 0.101. The zero-order chi connectivity index (χ0) is 16.4. The lowest BCUT2D eigenvalue weighted by Crippen LogP contribution is -2.03. The third kappa shape index (κ3) is 2.97. The molecule has 0 fully saturated rings. The molecule has 3 aromatic rings. The Kier molecular flexibility index (Phi) is 3.89. The normalized spacial score (nSPS) is 11.2. The van der Waals surface area contributed by atoms with Crippen molar-refractivity contribution in [3.8, 4) is 5.75 Å². The smallest absolute Gasteiger partial charge is 0.197 e. The summed E-state index contributed by atoms with van der Waals surface area (Å²) in [4.78, 5) is 14.8. The van der Waals surface area contributed by atoms with Crippen LogP contribution in [0.15, 0.2) is 59.1 Å². The van der Waals surface area contributed by atoms with Crippen molar-refractivity contribution in [2.24, 2.45) is 0 Å². The highest BCUT2D eigenvalue weighted by Gasteiger charge is 2.21. The molecule has 4 nitrogen and oxygen atoms in total. The van der Waals surface area contributed by atoms with Crippen LogP contribution in [-0.4, -0.2) is 29.9 Å². The van der Waals surface area contributed by atoms with Gasteiger partial charge in [-0.25, -0.2) is 0 Å². The number of benzene rings is 2. The van der Waals surface area contributed by atoms with E-state index < -0.39 is 0 Å². The van der Waals surface area contributed by atoms with E-state index in [-0.39, 0.29) is 11.5 Å². The van der Waals surface area contributed by atoms with Gasteiger partial charge in [0.25, 0.3) is 0 Å². The molecule has 1 N–H and O–H groups in total. The second-order valence-corrected chi connectivity index (χ2v) is 5.50. The van der Waals surface area contributed by atoms with E-state index in [1.54, 1.807) is 36.4 Å². The molecule has 0 saturated heterocycles. The van der Waals surface area contributed by atoms with E-state index in [9.17, 15) is 9.90 Å². The molecule has 0 spiro atoms. The molecule has 3 rings (SSSR count). The molecule has 116 valence electrons. The van der Waals surface area contributed by atoms with Crippen LogP contribution < -0.4 is 0 Å². The summed E-state index contributed by atoms with van der Waals surface area (Å²) < 4.78 is 5.80. The molecule has 0 bridgehead atoms. The summed E-state index contributed by atoms with van der Waals surface area (Å²) in [6.07, 6.45) is 3.58. The van der Waals surface area contributed by atoms with Gasteiger partial charge in [-0.05, 0) is 24.3 Å². The maximum atomic E-state index is 12.9. The number of rotatable bonds is 4. The Balaban J connectivity index is 2.21. The van der Waals surface area contributed by atoms with E-state index in [2.05, 4.69) is 0 Å². The third-order valence-corrected chi connectivity index (χ3v) is 3.49. The monoisotopic (exact) mass is 307 g/mol. The summed E-state index contributed by atoms with van der Waals surface area (Å²) in [6, 6.07) is 13.8. The van der Waals surface area contributed by atoms with E-state index in [0.717, 1.165) is 0 Å². The number of furan rings is 1. The van der Waals surface area contributed by atoms with Gasteiger partial charge < -0.3 is 14.4 Å². The fourth-order valence-electron chi connectivity index (χ4n) is 2.41. The molecule has 0 aliphatic heterocycles. The fourth-order valence-corrected chi connectivity index (χ4v) is 2.41. The highest BCUT2D eigenvalue weighted by atomic mass is 16.3. The zero-order valence-corrected chi connectivity index (χ0v) is 13.0. The van der Waals surface area contributed by atoms with Crippen LogP contribution >= 0.6 is 0 Å². The lowest BCUT2D eigenvalue weighted by Gasteiger charge is -2.04. The molecular weight excluding hydrogens is 290 g/mol. The van der Waals surface area contributed by atoms with Gasteiger partial charge in [0, 0.05) is 31.2 Å². The minimum atomic E-state index is -0.131. The van der Waals surface area contributed by atoms with Crippen molar-refractivity contribution in [3.05, 3.63) is 71.6 Å². The zero-order valence-electron chi connectivity index (χ0n) is 13.0. The van der Waals surface area contributed by atoms with Crippen LogP contribution in [-0.2, 0) is 0 Å². The first-order valence-electron chi connectivity index (χ1n) is 7.26. The lowest BCUT2D eigenvalue weighted by atomic mass is 10.00. The van der Waals surface area contributed by atoms with Crippen LogP contribution in [0.1, 0.15) is 21.7 Å². The Hall–Kier alpha value is -3.01. The molecule has 0 unspecified atom stereocenters. The van der Waals surface area contributed by atoms with Gasteiger partial charge in [-0.2, -0.15) is 0 Å². The first-order valence-corrected chi connectivity index (χ1v) is 7.26. The Morgan fingerprint density at radius 3 is 2.57 bits per heavy atom. The molecule has 23 heavy (non-hydrogen) atoms. The van der Waals surface area contributed by atoms with Gasteiger partial charge in [0.15, 0.2) is 5.78 Å². The predicted octanol–water partition coefficient (Wildman–Crippen LogP) is 3.90. The van der Waals surface area contributed by atoms with Gasteiger partial charge >= 0.3 is 0 Å². The molecule has 0 aliphatic rings. The van der Waals surface area contributed by atoms with Crippen molar-refractivity contribution in [3.63, 3.8) is 0 Å². The number of carbonyl (C=O) groups is 1. The van der Waals surface area contributed by atoms with Crippen molar-refractivity contribution in [1.82, 2.24) is 4.90 Å². The van der Waals surface area contributed by atoms with Gasteiger partial charge in [0.2, 0.25) is 0 Å². The van der Waals surface area contributed by atoms with Gasteiger partial charge in [-0.1, -0.05) is 30.3 Å². The van der Waals surface area contributed by atoms with Crippen LogP contribution in [0.25, 0.3) is 17.0 Å². The maximum Gasteiger partial charge on any atom is 0.197 e. The largest absolute Gasteiger partial charge is 0.508 e. The Bertz CT molecular complexity index is 876. The number of ketones is 1. The van der Waals surface area contributed by atoms with Crippen LogP contribution in [0, 0.1) is 0 Å².